The van der Waals surface area contributed by atoms with Crippen LogP contribution >= 0.6 is 0 Å². The Morgan fingerprint density at radius 3 is 2.74 bits per heavy atom. The molecule has 1 unspecified atom stereocenters. The number of guanidine groups is 1. The van der Waals surface area contributed by atoms with Crippen LogP contribution in [0.5, 0.6) is 5.75 Å². The SMILES string of the molecule is CC1(C)CCC(CN=C(N)Nc2ccccc2OC(F)(F)F)O1. The number of hydrogen-bond acceptors (Lipinski definition) is 3. The van der Waals surface area contributed by atoms with Crippen molar-refractivity contribution in [3.63, 3.8) is 0 Å². The predicted octanol–water partition coefficient (Wildman–Crippen LogP) is 3.27. The molecule has 0 aromatic heterocycles. The number of para-hydroxylation sites is 2. The smallest absolute Gasteiger partial charge is 0.404 e. The van der Waals surface area contributed by atoms with Gasteiger partial charge in [-0.25, -0.2) is 0 Å². The summed E-state index contributed by atoms with van der Waals surface area (Å²) in [6.45, 7) is 4.36. The lowest BCUT2D eigenvalue weighted by Gasteiger charge is -2.18. The van der Waals surface area contributed by atoms with Gasteiger partial charge >= 0.3 is 6.36 Å². The molecule has 1 atom stereocenters. The maximum Gasteiger partial charge on any atom is 0.573 e. The first kappa shape index (κ1) is 17.4. The first-order valence-electron chi connectivity index (χ1n) is 7.24. The van der Waals surface area contributed by atoms with Gasteiger partial charge in [0.05, 0.1) is 23.9 Å². The van der Waals surface area contributed by atoms with E-state index >= 15 is 0 Å². The van der Waals surface area contributed by atoms with Gasteiger partial charge in [0.25, 0.3) is 0 Å². The zero-order valence-corrected chi connectivity index (χ0v) is 13.0. The molecular formula is C15H20F3N3O2. The van der Waals surface area contributed by atoms with Crippen molar-refractivity contribution in [3.05, 3.63) is 24.3 Å². The van der Waals surface area contributed by atoms with Crippen LogP contribution in [0.1, 0.15) is 26.7 Å². The fourth-order valence-corrected chi connectivity index (χ4v) is 2.37. The minimum Gasteiger partial charge on any atom is -0.404 e. The first-order valence-corrected chi connectivity index (χ1v) is 7.24. The van der Waals surface area contributed by atoms with Gasteiger partial charge in [0.1, 0.15) is 0 Å². The molecule has 0 aliphatic carbocycles. The quantitative estimate of drug-likeness (QED) is 0.656. The molecule has 1 aromatic rings. The summed E-state index contributed by atoms with van der Waals surface area (Å²) in [7, 11) is 0. The van der Waals surface area contributed by atoms with Crippen LogP contribution in [-0.4, -0.2) is 30.6 Å². The van der Waals surface area contributed by atoms with Gasteiger partial charge < -0.3 is 20.5 Å². The molecule has 5 nitrogen and oxygen atoms in total. The number of halogens is 3. The van der Waals surface area contributed by atoms with E-state index in [1.807, 2.05) is 13.8 Å². The molecule has 0 amide bonds. The molecule has 3 N–H and O–H groups in total. The van der Waals surface area contributed by atoms with Crippen LogP contribution in [0.3, 0.4) is 0 Å². The highest BCUT2D eigenvalue weighted by molar-refractivity contribution is 5.93. The maximum absolute atomic E-state index is 12.4. The molecule has 0 saturated carbocycles. The van der Waals surface area contributed by atoms with Crippen molar-refractivity contribution >= 4 is 11.6 Å². The summed E-state index contributed by atoms with van der Waals surface area (Å²) in [5.74, 6) is -0.354. The molecule has 1 saturated heterocycles. The fraction of sp³-hybridized carbons (Fsp3) is 0.533. The van der Waals surface area contributed by atoms with Gasteiger partial charge in [-0.3, -0.25) is 4.99 Å². The predicted molar refractivity (Wildman–Crippen MR) is 81.4 cm³/mol. The van der Waals surface area contributed by atoms with Crippen molar-refractivity contribution in [1.29, 1.82) is 0 Å². The van der Waals surface area contributed by atoms with Gasteiger partial charge in [0.15, 0.2) is 11.7 Å². The number of nitrogens with zero attached hydrogens (tertiary/aromatic N) is 1. The first-order chi connectivity index (χ1) is 10.6. The number of alkyl halides is 3. The van der Waals surface area contributed by atoms with E-state index in [2.05, 4.69) is 15.0 Å². The highest BCUT2D eigenvalue weighted by Crippen LogP contribution is 2.30. The summed E-state index contributed by atoms with van der Waals surface area (Å²) in [4.78, 5) is 4.13. The van der Waals surface area contributed by atoms with E-state index in [0.717, 1.165) is 12.8 Å². The van der Waals surface area contributed by atoms with Crippen LogP contribution in [0, 0.1) is 0 Å². The van der Waals surface area contributed by atoms with E-state index in [1.54, 1.807) is 6.07 Å². The molecule has 8 heteroatoms. The second-order valence-electron chi connectivity index (χ2n) is 5.93. The second kappa shape index (κ2) is 6.66. The van der Waals surface area contributed by atoms with Crippen LogP contribution in [-0.2, 0) is 4.74 Å². The number of hydrogen-bond donors (Lipinski definition) is 2. The number of benzene rings is 1. The topological polar surface area (TPSA) is 68.9 Å². The zero-order valence-electron chi connectivity index (χ0n) is 13.0. The van der Waals surface area contributed by atoms with Crippen molar-refractivity contribution in [3.8, 4) is 5.75 Å². The van der Waals surface area contributed by atoms with Gasteiger partial charge in [-0.1, -0.05) is 12.1 Å². The summed E-state index contributed by atoms with van der Waals surface area (Å²) in [5.41, 5.74) is 5.66. The third-order valence-electron chi connectivity index (χ3n) is 3.39. The number of ether oxygens (including phenoxy) is 2. The Balaban J connectivity index is 1.97. The van der Waals surface area contributed by atoms with Gasteiger partial charge in [0.2, 0.25) is 0 Å². The van der Waals surface area contributed by atoms with Gasteiger partial charge in [0, 0.05) is 0 Å². The molecule has 0 bridgehead atoms. The lowest BCUT2D eigenvalue weighted by atomic mass is 10.1. The van der Waals surface area contributed by atoms with E-state index in [4.69, 9.17) is 10.5 Å². The molecule has 1 aliphatic heterocycles. The van der Waals surface area contributed by atoms with E-state index in [0.29, 0.717) is 6.54 Å². The third kappa shape index (κ3) is 5.63. The van der Waals surface area contributed by atoms with Crippen molar-refractivity contribution in [2.45, 2.75) is 44.8 Å². The van der Waals surface area contributed by atoms with Crippen molar-refractivity contribution in [2.24, 2.45) is 10.7 Å². The van der Waals surface area contributed by atoms with Crippen molar-refractivity contribution in [1.82, 2.24) is 0 Å². The van der Waals surface area contributed by atoms with E-state index in [-0.39, 0.29) is 29.1 Å². The van der Waals surface area contributed by atoms with E-state index in [9.17, 15) is 13.2 Å². The van der Waals surface area contributed by atoms with Crippen LogP contribution in [0.25, 0.3) is 0 Å². The number of aliphatic imine (C=N–C) groups is 1. The Labute approximate surface area is 132 Å². The average Bonchev–Trinajstić information content (AvgIpc) is 2.77. The average molecular weight is 331 g/mol. The number of anilines is 1. The minimum absolute atomic E-state index is 0.0107. The molecule has 23 heavy (non-hydrogen) atoms. The Bertz CT molecular complexity index is 573. The minimum atomic E-state index is -4.77. The van der Waals surface area contributed by atoms with Crippen LogP contribution < -0.4 is 15.8 Å². The molecule has 2 rings (SSSR count). The Morgan fingerprint density at radius 2 is 2.13 bits per heavy atom. The Morgan fingerprint density at radius 1 is 1.43 bits per heavy atom. The number of nitrogens with two attached hydrogens (primary N) is 1. The number of rotatable bonds is 4. The fourth-order valence-electron chi connectivity index (χ4n) is 2.37. The van der Waals surface area contributed by atoms with E-state index < -0.39 is 6.36 Å². The van der Waals surface area contributed by atoms with Gasteiger partial charge in [-0.2, -0.15) is 0 Å². The van der Waals surface area contributed by atoms with Crippen molar-refractivity contribution < 1.29 is 22.6 Å². The largest absolute Gasteiger partial charge is 0.573 e. The molecular weight excluding hydrogens is 311 g/mol. The van der Waals surface area contributed by atoms with Crippen molar-refractivity contribution in [2.75, 3.05) is 11.9 Å². The standard InChI is InChI=1S/C15H20F3N3O2/c1-14(2)8-7-10(22-14)9-20-13(19)21-11-5-3-4-6-12(11)23-15(16,17)18/h3-6,10H,7-9H2,1-2H3,(H3,19,20,21). The van der Waals surface area contributed by atoms with Gasteiger partial charge in [-0.05, 0) is 38.8 Å². The molecule has 128 valence electrons. The Kier molecular flexibility index (Phi) is 5.03. The normalized spacial score (nSPS) is 21.3. The highest BCUT2D eigenvalue weighted by atomic mass is 19.4. The second-order valence-corrected chi connectivity index (χ2v) is 5.93. The zero-order chi connectivity index (χ0) is 17.1. The van der Waals surface area contributed by atoms with Crippen LogP contribution in [0.15, 0.2) is 29.3 Å². The van der Waals surface area contributed by atoms with Crippen LogP contribution in [0.4, 0.5) is 18.9 Å². The molecule has 0 spiro atoms. The molecule has 1 aliphatic rings. The molecule has 1 aromatic carbocycles. The maximum atomic E-state index is 12.4. The van der Waals surface area contributed by atoms with E-state index in [1.165, 1.54) is 18.2 Å². The summed E-state index contributed by atoms with van der Waals surface area (Å²) < 4.78 is 46.8. The molecule has 1 heterocycles. The molecule has 0 radical (unpaired) electrons. The summed E-state index contributed by atoms with van der Waals surface area (Å²) in [6, 6.07) is 5.64. The molecule has 1 fully saturated rings. The Hall–Kier alpha value is -1.96. The summed E-state index contributed by atoms with van der Waals surface area (Å²) in [6.07, 6.45) is -3.00. The van der Waals surface area contributed by atoms with Gasteiger partial charge in [-0.15, -0.1) is 13.2 Å². The third-order valence-corrected chi connectivity index (χ3v) is 3.39. The van der Waals surface area contributed by atoms with Crippen LogP contribution in [0.2, 0.25) is 0 Å². The summed E-state index contributed by atoms with van der Waals surface area (Å²) in [5, 5.41) is 2.62. The summed E-state index contributed by atoms with van der Waals surface area (Å²) >= 11 is 0. The highest BCUT2D eigenvalue weighted by Gasteiger charge is 2.32. The lowest BCUT2D eigenvalue weighted by molar-refractivity contribution is -0.274. The monoisotopic (exact) mass is 331 g/mol. The lowest BCUT2D eigenvalue weighted by Crippen LogP contribution is -2.27. The number of nitrogens with one attached hydrogen (secondary N) is 1.